The number of nitrogens with zero attached hydrogens (tertiary/aromatic N) is 1. The summed E-state index contributed by atoms with van der Waals surface area (Å²) in [7, 11) is 0. The predicted octanol–water partition coefficient (Wildman–Crippen LogP) is 1.19. The van der Waals surface area contributed by atoms with Crippen LogP contribution in [0.2, 0.25) is 0 Å². The van der Waals surface area contributed by atoms with Gasteiger partial charge in [0.2, 0.25) is 0 Å². The highest BCUT2D eigenvalue weighted by atomic mass is 32.2. The third kappa shape index (κ3) is 4.36. The Labute approximate surface area is 104 Å². The summed E-state index contributed by atoms with van der Waals surface area (Å²) in [4.78, 5) is 11.3. The minimum absolute atomic E-state index is 0.0173. The van der Waals surface area contributed by atoms with Crippen LogP contribution in [0, 0.1) is 0 Å². The van der Waals surface area contributed by atoms with E-state index in [0.717, 1.165) is 0 Å². The predicted molar refractivity (Wildman–Crippen MR) is 70.2 cm³/mol. The van der Waals surface area contributed by atoms with Crippen LogP contribution in [0.1, 0.15) is 17.3 Å². The molecule has 0 radical (unpaired) electrons. The van der Waals surface area contributed by atoms with Gasteiger partial charge in [0.1, 0.15) is 5.75 Å². The Morgan fingerprint density at radius 3 is 2.82 bits per heavy atom. The van der Waals surface area contributed by atoms with E-state index >= 15 is 0 Å². The van der Waals surface area contributed by atoms with Gasteiger partial charge in [-0.1, -0.05) is 23.9 Å². The Hall–Kier alpha value is -1.69. The summed E-state index contributed by atoms with van der Waals surface area (Å²) >= 11 is 1.30. The zero-order chi connectivity index (χ0) is 12.7. The van der Waals surface area contributed by atoms with Crippen LogP contribution < -0.4 is 16.3 Å². The Balaban J connectivity index is 2.49. The molecule has 17 heavy (non-hydrogen) atoms. The maximum absolute atomic E-state index is 11.3. The average Bonchev–Trinajstić information content (AvgIpc) is 2.34. The number of para-hydroxylation sites is 1. The first kappa shape index (κ1) is 13.4. The molecule has 0 spiro atoms. The van der Waals surface area contributed by atoms with Crippen LogP contribution in [0.15, 0.2) is 29.4 Å². The van der Waals surface area contributed by atoms with Crippen molar-refractivity contribution in [3.63, 3.8) is 0 Å². The lowest BCUT2D eigenvalue weighted by molar-refractivity contribution is 0.101. The average molecular weight is 253 g/mol. The van der Waals surface area contributed by atoms with Crippen LogP contribution in [0.5, 0.6) is 5.75 Å². The molecule has 0 aromatic heterocycles. The number of hydrazone groups is 1. The minimum atomic E-state index is -0.0173. The maximum atomic E-state index is 11.3. The van der Waals surface area contributed by atoms with E-state index in [0.29, 0.717) is 28.8 Å². The van der Waals surface area contributed by atoms with Crippen molar-refractivity contribution >= 4 is 22.7 Å². The summed E-state index contributed by atoms with van der Waals surface area (Å²) in [6, 6.07) is 7.13. The van der Waals surface area contributed by atoms with Crippen LogP contribution in [-0.4, -0.2) is 23.3 Å². The first-order valence-corrected chi connectivity index (χ1v) is 6.02. The molecule has 0 atom stereocenters. The van der Waals surface area contributed by atoms with Crippen LogP contribution in [0.25, 0.3) is 0 Å². The van der Waals surface area contributed by atoms with Gasteiger partial charge in [0.25, 0.3) is 0 Å². The van der Waals surface area contributed by atoms with Crippen molar-refractivity contribution in [2.75, 3.05) is 12.4 Å². The molecule has 1 aromatic rings. The van der Waals surface area contributed by atoms with Crippen molar-refractivity contribution in [3.8, 4) is 5.75 Å². The summed E-state index contributed by atoms with van der Waals surface area (Å²) in [6.07, 6.45) is 0. The van der Waals surface area contributed by atoms with Gasteiger partial charge in [-0.2, -0.15) is 5.10 Å². The van der Waals surface area contributed by atoms with Crippen molar-refractivity contribution in [1.82, 2.24) is 0 Å². The molecule has 0 bridgehead atoms. The maximum Gasteiger partial charge on any atom is 0.177 e. The van der Waals surface area contributed by atoms with Crippen LogP contribution >= 0.6 is 11.8 Å². The number of Topliss-reactive ketones (excluding diaryl/α,β-unsaturated/α-hetero) is 1. The van der Waals surface area contributed by atoms with Crippen molar-refractivity contribution in [2.45, 2.75) is 6.92 Å². The van der Waals surface area contributed by atoms with E-state index in [9.17, 15) is 4.79 Å². The highest BCUT2D eigenvalue weighted by Gasteiger charge is 2.06. The molecular formula is C11H15N3O2S. The highest BCUT2D eigenvalue weighted by Crippen LogP contribution is 2.18. The quantitative estimate of drug-likeness (QED) is 0.205. The van der Waals surface area contributed by atoms with Gasteiger partial charge in [-0.3, -0.25) is 4.79 Å². The fourth-order valence-electron chi connectivity index (χ4n) is 1.22. The standard InChI is InChI=1S/C11H15N3O2S/c1-8(15)9-4-2-3-5-10(9)16-6-7-17-11(12)14-13/h2-5H,6-7,13H2,1H3,(H2,12,14). The smallest absolute Gasteiger partial charge is 0.177 e. The van der Waals surface area contributed by atoms with Gasteiger partial charge >= 0.3 is 0 Å². The first-order chi connectivity index (χ1) is 8.15. The van der Waals surface area contributed by atoms with E-state index in [1.54, 1.807) is 18.2 Å². The fraction of sp³-hybridized carbons (Fsp3) is 0.273. The second-order valence-corrected chi connectivity index (χ2v) is 4.33. The van der Waals surface area contributed by atoms with Crippen molar-refractivity contribution in [3.05, 3.63) is 29.8 Å². The summed E-state index contributed by atoms with van der Waals surface area (Å²) in [5.74, 6) is 6.18. The zero-order valence-electron chi connectivity index (χ0n) is 9.55. The number of amidine groups is 1. The van der Waals surface area contributed by atoms with Gasteiger partial charge in [-0.15, -0.1) is 0 Å². The Kier molecular flexibility index (Phi) is 5.35. The molecule has 92 valence electrons. The number of carbonyl (C=O) groups excluding carboxylic acids is 1. The number of benzene rings is 1. The molecule has 4 N–H and O–H groups in total. The Bertz CT molecular complexity index is 421. The summed E-state index contributed by atoms with van der Waals surface area (Å²) in [6.45, 7) is 1.95. The van der Waals surface area contributed by atoms with Crippen molar-refractivity contribution < 1.29 is 9.53 Å². The van der Waals surface area contributed by atoms with E-state index in [1.165, 1.54) is 18.7 Å². The molecule has 1 rings (SSSR count). The van der Waals surface area contributed by atoms with E-state index in [2.05, 4.69) is 5.10 Å². The lowest BCUT2D eigenvalue weighted by Gasteiger charge is -2.08. The molecule has 0 aliphatic carbocycles. The molecule has 0 saturated heterocycles. The normalized spacial score (nSPS) is 11.2. The third-order valence-corrected chi connectivity index (χ3v) is 2.76. The van der Waals surface area contributed by atoms with E-state index in [1.807, 2.05) is 6.07 Å². The Morgan fingerprint density at radius 2 is 2.18 bits per heavy atom. The molecule has 0 fully saturated rings. The number of nitrogens with two attached hydrogens (primary N) is 2. The van der Waals surface area contributed by atoms with E-state index in [4.69, 9.17) is 16.3 Å². The van der Waals surface area contributed by atoms with Crippen LogP contribution in [-0.2, 0) is 0 Å². The van der Waals surface area contributed by atoms with Crippen molar-refractivity contribution in [1.29, 1.82) is 0 Å². The molecule has 1 aromatic carbocycles. The van der Waals surface area contributed by atoms with Crippen LogP contribution in [0.3, 0.4) is 0 Å². The first-order valence-electron chi connectivity index (χ1n) is 5.04. The van der Waals surface area contributed by atoms with Gasteiger partial charge in [0.15, 0.2) is 11.0 Å². The SMILES string of the molecule is CC(=O)c1ccccc1OCCSC(N)=NN. The van der Waals surface area contributed by atoms with Gasteiger partial charge in [0.05, 0.1) is 12.2 Å². The molecule has 0 heterocycles. The minimum Gasteiger partial charge on any atom is -0.492 e. The lowest BCUT2D eigenvalue weighted by Crippen LogP contribution is -2.12. The molecule has 6 heteroatoms. The number of ether oxygens (including phenoxy) is 1. The van der Waals surface area contributed by atoms with Crippen molar-refractivity contribution in [2.24, 2.45) is 16.7 Å². The van der Waals surface area contributed by atoms with Crippen LogP contribution in [0.4, 0.5) is 0 Å². The molecule has 0 aliphatic rings. The highest BCUT2D eigenvalue weighted by molar-refractivity contribution is 8.13. The number of thioether (sulfide) groups is 1. The molecule has 0 aliphatic heterocycles. The van der Waals surface area contributed by atoms with E-state index < -0.39 is 0 Å². The molecule has 0 saturated carbocycles. The molecule has 5 nitrogen and oxygen atoms in total. The monoisotopic (exact) mass is 253 g/mol. The number of carbonyl (C=O) groups is 1. The summed E-state index contributed by atoms with van der Waals surface area (Å²) in [5, 5.41) is 3.64. The number of hydrogen-bond acceptors (Lipinski definition) is 5. The van der Waals surface area contributed by atoms with Gasteiger partial charge in [0, 0.05) is 5.75 Å². The largest absolute Gasteiger partial charge is 0.492 e. The number of rotatable bonds is 5. The lowest BCUT2D eigenvalue weighted by atomic mass is 10.1. The zero-order valence-corrected chi connectivity index (χ0v) is 10.4. The van der Waals surface area contributed by atoms with Gasteiger partial charge in [-0.05, 0) is 19.1 Å². The Morgan fingerprint density at radius 1 is 1.47 bits per heavy atom. The van der Waals surface area contributed by atoms with Gasteiger partial charge in [-0.25, -0.2) is 0 Å². The second kappa shape index (κ2) is 6.80. The third-order valence-electron chi connectivity index (χ3n) is 1.98. The summed E-state index contributed by atoms with van der Waals surface area (Å²) in [5.41, 5.74) is 5.99. The molecule has 0 unspecified atom stereocenters. The second-order valence-electron chi connectivity index (χ2n) is 3.22. The number of ketones is 1. The number of hydrogen-bond donors (Lipinski definition) is 2. The topological polar surface area (TPSA) is 90.7 Å². The molecular weight excluding hydrogens is 238 g/mol. The fourth-order valence-corrected chi connectivity index (χ4v) is 1.67. The summed E-state index contributed by atoms with van der Waals surface area (Å²) < 4.78 is 5.50. The molecule has 0 amide bonds. The van der Waals surface area contributed by atoms with E-state index in [-0.39, 0.29) is 5.78 Å². The van der Waals surface area contributed by atoms with Gasteiger partial charge < -0.3 is 16.3 Å².